The number of benzene rings is 1. The van der Waals surface area contributed by atoms with Crippen molar-refractivity contribution in [1.29, 1.82) is 0 Å². The minimum absolute atomic E-state index is 0.183. The fourth-order valence-electron chi connectivity index (χ4n) is 4.11. The van der Waals surface area contributed by atoms with Crippen LogP contribution in [0.4, 0.5) is 0 Å². The molecule has 3 heterocycles. The van der Waals surface area contributed by atoms with Gasteiger partial charge in [-0.05, 0) is 38.9 Å². The van der Waals surface area contributed by atoms with Crippen molar-refractivity contribution in [3.05, 3.63) is 58.7 Å². The number of rotatable bonds is 3. The zero-order valence-corrected chi connectivity index (χ0v) is 16.3. The standard InChI is InChI=1S/C22H28N4O/c1-16-5-7-17(8-6-16)12-21(27)26-11-9-20-19(15-26)13-23-22(24-20)18-4-3-10-25(2)14-18/h5-8,13,18H,3-4,9-12,14-15H2,1-2H3. The molecule has 0 bridgehead atoms. The van der Waals surface area contributed by atoms with Crippen molar-refractivity contribution in [2.24, 2.45) is 0 Å². The van der Waals surface area contributed by atoms with E-state index in [1.807, 2.05) is 23.2 Å². The van der Waals surface area contributed by atoms with E-state index in [1.54, 1.807) is 0 Å². The molecule has 0 aliphatic carbocycles. The lowest BCUT2D eigenvalue weighted by Gasteiger charge is -2.31. The second-order valence-electron chi connectivity index (χ2n) is 8.03. The molecule has 1 fully saturated rings. The molecule has 1 amide bonds. The van der Waals surface area contributed by atoms with E-state index >= 15 is 0 Å². The number of nitrogens with zero attached hydrogens (tertiary/aromatic N) is 4. The first-order chi connectivity index (χ1) is 13.1. The van der Waals surface area contributed by atoms with Crippen LogP contribution in [0.5, 0.6) is 0 Å². The highest BCUT2D eigenvalue weighted by Gasteiger charge is 2.25. The number of aromatic nitrogens is 2. The van der Waals surface area contributed by atoms with Crippen LogP contribution in [0.3, 0.4) is 0 Å². The fraction of sp³-hybridized carbons (Fsp3) is 0.500. The summed E-state index contributed by atoms with van der Waals surface area (Å²) in [6, 6.07) is 8.21. The van der Waals surface area contributed by atoms with Crippen LogP contribution in [0.1, 0.15) is 47.0 Å². The molecule has 1 aromatic heterocycles. The smallest absolute Gasteiger partial charge is 0.227 e. The van der Waals surface area contributed by atoms with Crippen molar-refractivity contribution in [1.82, 2.24) is 19.8 Å². The third kappa shape index (κ3) is 4.19. The predicted octanol–water partition coefficient (Wildman–Crippen LogP) is 2.72. The molecule has 0 N–H and O–H groups in total. The molecule has 1 aromatic carbocycles. The summed E-state index contributed by atoms with van der Waals surface area (Å²) >= 11 is 0. The number of amides is 1. The van der Waals surface area contributed by atoms with Gasteiger partial charge < -0.3 is 9.80 Å². The second-order valence-corrected chi connectivity index (χ2v) is 8.03. The van der Waals surface area contributed by atoms with E-state index < -0.39 is 0 Å². The van der Waals surface area contributed by atoms with Gasteiger partial charge >= 0.3 is 0 Å². The van der Waals surface area contributed by atoms with Gasteiger partial charge in [-0.3, -0.25) is 4.79 Å². The van der Waals surface area contributed by atoms with E-state index in [0.29, 0.717) is 18.9 Å². The number of fused-ring (bicyclic) bond motifs is 1. The van der Waals surface area contributed by atoms with Crippen LogP contribution in [0.25, 0.3) is 0 Å². The maximum atomic E-state index is 12.7. The van der Waals surface area contributed by atoms with Gasteiger partial charge in [0.2, 0.25) is 5.91 Å². The summed E-state index contributed by atoms with van der Waals surface area (Å²) < 4.78 is 0. The molecule has 2 aliphatic heterocycles. The van der Waals surface area contributed by atoms with Crippen LogP contribution >= 0.6 is 0 Å². The number of piperidine rings is 1. The van der Waals surface area contributed by atoms with E-state index in [9.17, 15) is 4.79 Å². The largest absolute Gasteiger partial charge is 0.338 e. The number of aryl methyl sites for hydroxylation is 1. The van der Waals surface area contributed by atoms with Crippen LogP contribution in [0.2, 0.25) is 0 Å². The third-order valence-corrected chi connectivity index (χ3v) is 5.77. The van der Waals surface area contributed by atoms with Gasteiger partial charge in [-0.2, -0.15) is 0 Å². The quantitative estimate of drug-likeness (QED) is 0.840. The Morgan fingerprint density at radius 3 is 2.81 bits per heavy atom. The zero-order valence-electron chi connectivity index (χ0n) is 16.3. The SMILES string of the molecule is Cc1ccc(CC(=O)N2CCc3nc(C4CCCN(C)C4)ncc3C2)cc1. The molecule has 4 rings (SSSR count). The minimum Gasteiger partial charge on any atom is -0.338 e. The fourth-order valence-corrected chi connectivity index (χ4v) is 4.11. The Labute approximate surface area is 161 Å². The summed E-state index contributed by atoms with van der Waals surface area (Å²) in [5.74, 6) is 1.61. The molecule has 0 spiro atoms. The lowest BCUT2D eigenvalue weighted by molar-refractivity contribution is -0.131. The van der Waals surface area contributed by atoms with E-state index in [-0.39, 0.29) is 5.91 Å². The summed E-state index contributed by atoms with van der Waals surface area (Å²) in [4.78, 5) is 26.5. The molecule has 1 atom stereocenters. The number of hydrogen-bond acceptors (Lipinski definition) is 4. The number of carbonyl (C=O) groups excluding carboxylic acids is 1. The van der Waals surface area contributed by atoms with Crippen molar-refractivity contribution in [2.75, 3.05) is 26.7 Å². The molecule has 27 heavy (non-hydrogen) atoms. The summed E-state index contributed by atoms with van der Waals surface area (Å²) in [5, 5.41) is 0. The van der Waals surface area contributed by atoms with Crippen molar-refractivity contribution in [3.8, 4) is 0 Å². The Morgan fingerprint density at radius 1 is 1.22 bits per heavy atom. The molecule has 5 nitrogen and oxygen atoms in total. The third-order valence-electron chi connectivity index (χ3n) is 5.77. The first-order valence-corrected chi connectivity index (χ1v) is 9.95. The molecular weight excluding hydrogens is 336 g/mol. The molecule has 0 saturated carbocycles. The molecule has 1 unspecified atom stereocenters. The van der Waals surface area contributed by atoms with Gasteiger partial charge in [0.05, 0.1) is 12.1 Å². The van der Waals surface area contributed by atoms with Crippen LogP contribution in [0.15, 0.2) is 30.5 Å². The van der Waals surface area contributed by atoms with E-state index in [0.717, 1.165) is 42.2 Å². The average Bonchev–Trinajstić information content (AvgIpc) is 2.69. The van der Waals surface area contributed by atoms with Crippen molar-refractivity contribution < 1.29 is 4.79 Å². The molecule has 0 radical (unpaired) electrons. The Balaban J connectivity index is 1.42. The average molecular weight is 364 g/mol. The van der Waals surface area contributed by atoms with E-state index in [1.165, 1.54) is 24.9 Å². The van der Waals surface area contributed by atoms with Crippen molar-refractivity contribution in [3.63, 3.8) is 0 Å². The maximum Gasteiger partial charge on any atom is 0.227 e. The number of carbonyl (C=O) groups is 1. The first kappa shape index (κ1) is 18.1. The van der Waals surface area contributed by atoms with Gasteiger partial charge in [0.25, 0.3) is 0 Å². The Kier molecular flexibility index (Phi) is 5.21. The summed E-state index contributed by atoms with van der Waals surface area (Å²) in [5.41, 5.74) is 4.53. The van der Waals surface area contributed by atoms with Crippen LogP contribution in [-0.2, 0) is 24.2 Å². The topological polar surface area (TPSA) is 49.3 Å². The Bertz CT molecular complexity index is 818. The van der Waals surface area contributed by atoms with Gasteiger partial charge in [0.1, 0.15) is 5.82 Å². The highest BCUT2D eigenvalue weighted by atomic mass is 16.2. The van der Waals surface area contributed by atoms with E-state index in [2.05, 4.69) is 36.0 Å². The maximum absolute atomic E-state index is 12.7. The summed E-state index contributed by atoms with van der Waals surface area (Å²) in [6.07, 6.45) is 5.63. The molecule has 142 valence electrons. The lowest BCUT2D eigenvalue weighted by Crippen LogP contribution is -2.38. The van der Waals surface area contributed by atoms with E-state index in [4.69, 9.17) is 4.98 Å². The van der Waals surface area contributed by atoms with Gasteiger partial charge in [0.15, 0.2) is 0 Å². The molecule has 2 aliphatic rings. The second kappa shape index (κ2) is 7.77. The zero-order chi connectivity index (χ0) is 18.8. The highest BCUT2D eigenvalue weighted by Crippen LogP contribution is 2.25. The van der Waals surface area contributed by atoms with Gasteiger partial charge in [-0.15, -0.1) is 0 Å². The number of likely N-dealkylation sites (N-methyl/N-ethyl adjacent to an activating group) is 1. The van der Waals surface area contributed by atoms with Gasteiger partial charge in [-0.1, -0.05) is 29.8 Å². The summed E-state index contributed by atoms with van der Waals surface area (Å²) in [7, 11) is 2.17. The molecule has 1 saturated heterocycles. The molecule has 2 aromatic rings. The monoisotopic (exact) mass is 364 g/mol. The highest BCUT2D eigenvalue weighted by molar-refractivity contribution is 5.79. The normalized spacial score (nSPS) is 20.4. The van der Waals surface area contributed by atoms with Gasteiger partial charge in [-0.25, -0.2) is 9.97 Å². The van der Waals surface area contributed by atoms with Crippen molar-refractivity contribution in [2.45, 2.75) is 45.1 Å². The minimum atomic E-state index is 0.183. The number of likely N-dealkylation sites (tertiary alicyclic amines) is 1. The summed E-state index contributed by atoms with van der Waals surface area (Å²) in [6.45, 7) is 5.65. The number of hydrogen-bond donors (Lipinski definition) is 0. The van der Waals surface area contributed by atoms with Crippen LogP contribution < -0.4 is 0 Å². The molecular formula is C22H28N4O. The van der Waals surface area contributed by atoms with Crippen LogP contribution in [-0.4, -0.2) is 52.4 Å². The van der Waals surface area contributed by atoms with Gasteiger partial charge in [0, 0.05) is 43.7 Å². The first-order valence-electron chi connectivity index (χ1n) is 9.95. The lowest BCUT2D eigenvalue weighted by atomic mass is 9.97. The van der Waals surface area contributed by atoms with Crippen LogP contribution in [0, 0.1) is 6.92 Å². The Hall–Kier alpha value is -2.27. The van der Waals surface area contributed by atoms with Crippen molar-refractivity contribution >= 4 is 5.91 Å². The Morgan fingerprint density at radius 2 is 2.04 bits per heavy atom. The predicted molar refractivity (Wildman–Crippen MR) is 106 cm³/mol. The molecule has 5 heteroatoms.